The van der Waals surface area contributed by atoms with E-state index in [-0.39, 0.29) is 0 Å². The lowest BCUT2D eigenvalue weighted by Gasteiger charge is -2.32. The van der Waals surface area contributed by atoms with Crippen LogP contribution in [0.1, 0.15) is 5.56 Å². The Kier molecular flexibility index (Phi) is 5.25. The SMILES string of the molecule is COc1cc(CN2CCN(C)CC2)ccc1OB(O)O. The molecule has 1 fully saturated rings. The molecule has 20 heavy (non-hydrogen) atoms. The van der Waals surface area contributed by atoms with Crippen LogP contribution in [-0.2, 0) is 6.54 Å². The maximum atomic E-state index is 8.85. The van der Waals surface area contributed by atoms with Crippen molar-refractivity contribution in [3.05, 3.63) is 23.8 Å². The number of likely N-dealkylation sites (N-methyl/N-ethyl adjacent to an activating group) is 1. The molecule has 1 aliphatic rings. The van der Waals surface area contributed by atoms with Gasteiger partial charge in [-0.3, -0.25) is 4.90 Å². The Labute approximate surface area is 119 Å². The van der Waals surface area contributed by atoms with Crippen LogP contribution >= 0.6 is 0 Å². The first-order valence-corrected chi connectivity index (χ1v) is 6.69. The Balaban J connectivity index is 2.02. The molecule has 0 saturated carbocycles. The predicted molar refractivity (Wildman–Crippen MR) is 76.6 cm³/mol. The predicted octanol–water partition coefficient (Wildman–Crippen LogP) is -0.209. The molecule has 1 aromatic rings. The van der Waals surface area contributed by atoms with E-state index in [1.807, 2.05) is 12.1 Å². The number of benzene rings is 1. The summed E-state index contributed by atoms with van der Waals surface area (Å²) in [7, 11) is 1.82. The quantitative estimate of drug-likeness (QED) is 0.728. The van der Waals surface area contributed by atoms with Gasteiger partial charge in [0.1, 0.15) is 5.75 Å². The summed E-state index contributed by atoms with van der Waals surface area (Å²) < 4.78 is 10.1. The average Bonchev–Trinajstić information content (AvgIpc) is 2.42. The molecular formula is C13H21BN2O4. The first kappa shape index (κ1) is 15.1. The van der Waals surface area contributed by atoms with E-state index in [4.69, 9.17) is 19.4 Å². The topological polar surface area (TPSA) is 65.4 Å². The zero-order valence-corrected chi connectivity index (χ0v) is 12.0. The molecule has 6 nitrogen and oxygen atoms in total. The molecule has 0 atom stereocenters. The van der Waals surface area contributed by atoms with Gasteiger partial charge in [-0.1, -0.05) is 6.07 Å². The van der Waals surface area contributed by atoms with E-state index in [1.165, 1.54) is 7.11 Å². The van der Waals surface area contributed by atoms with Gasteiger partial charge in [-0.25, -0.2) is 0 Å². The Morgan fingerprint density at radius 1 is 1.15 bits per heavy atom. The lowest BCUT2D eigenvalue weighted by Crippen LogP contribution is -2.43. The van der Waals surface area contributed by atoms with Crippen LogP contribution in [0.25, 0.3) is 0 Å². The van der Waals surface area contributed by atoms with Crippen molar-refractivity contribution < 1.29 is 19.4 Å². The third-order valence-corrected chi connectivity index (χ3v) is 3.46. The van der Waals surface area contributed by atoms with Gasteiger partial charge in [0.25, 0.3) is 0 Å². The van der Waals surface area contributed by atoms with Gasteiger partial charge in [0.15, 0.2) is 5.75 Å². The highest BCUT2D eigenvalue weighted by Gasteiger charge is 2.17. The van der Waals surface area contributed by atoms with Gasteiger partial charge in [-0.15, -0.1) is 0 Å². The second kappa shape index (κ2) is 6.94. The van der Waals surface area contributed by atoms with Gasteiger partial charge in [0, 0.05) is 32.7 Å². The zero-order valence-electron chi connectivity index (χ0n) is 12.0. The molecule has 0 aliphatic carbocycles. The van der Waals surface area contributed by atoms with Crippen molar-refractivity contribution in [1.82, 2.24) is 9.80 Å². The van der Waals surface area contributed by atoms with Crippen molar-refractivity contribution >= 4 is 7.32 Å². The van der Waals surface area contributed by atoms with Gasteiger partial charge < -0.3 is 24.3 Å². The van der Waals surface area contributed by atoms with Crippen molar-refractivity contribution in [2.24, 2.45) is 0 Å². The molecule has 0 unspecified atom stereocenters. The molecule has 2 N–H and O–H groups in total. The minimum atomic E-state index is -1.84. The van der Waals surface area contributed by atoms with Crippen LogP contribution in [0.3, 0.4) is 0 Å². The highest BCUT2D eigenvalue weighted by atomic mass is 16.6. The smallest absolute Gasteiger partial charge is 0.509 e. The summed E-state index contributed by atoms with van der Waals surface area (Å²) in [6.07, 6.45) is 0. The first-order chi connectivity index (χ1) is 9.58. The molecule has 0 bridgehead atoms. The largest absolute Gasteiger partial charge is 0.707 e. The van der Waals surface area contributed by atoms with E-state index in [2.05, 4.69) is 16.8 Å². The Morgan fingerprint density at radius 2 is 1.85 bits per heavy atom. The second-order valence-corrected chi connectivity index (χ2v) is 5.01. The summed E-state index contributed by atoms with van der Waals surface area (Å²) in [4.78, 5) is 4.70. The van der Waals surface area contributed by atoms with Gasteiger partial charge >= 0.3 is 7.32 Å². The van der Waals surface area contributed by atoms with Gasteiger partial charge in [0.05, 0.1) is 7.11 Å². The lowest BCUT2D eigenvalue weighted by molar-refractivity contribution is 0.148. The summed E-state index contributed by atoms with van der Waals surface area (Å²) in [6, 6.07) is 5.48. The maximum absolute atomic E-state index is 8.85. The highest BCUT2D eigenvalue weighted by Crippen LogP contribution is 2.28. The summed E-state index contributed by atoms with van der Waals surface area (Å²) in [5.74, 6) is 0.828. The number of piperazine rings is 1. The van der Waals surface area contributed by atoms with Gasteiger partial charge in [-0.05, 0) is 24.7 Å². The fourth-order valence-corrected chi connectivity index (χ4v) is 2.29. The molecule has 7 heteroatoms. The summed E-state index contributed by atoms with van der Waals surface area (Å²) >= 11 is 0. The Hall–Kier alpha value is -1.28. The molecule has 0 aromatic heterocycles. The molecule has 0 spiro atoms. The zero-order chi connectivity index (χ0) is 14.5. The fraction of sp³-hybridized carbons (Fsp3) is 0.538. The van der Waals surface area contributed by atoms with Crippen LogP contribution in [-0.4, -0.2) is 67.5 Å². The molecular weight excluding hydrogens is 259 g/mol. The van der Waals surface area contributed by atoms with Crippen molar-refractivity contribution in [3.8, 4) is 11.5 Å². The van der Waals surface area contributed by atoms with E-state index in [1.54, 1.807) is 6.07 Å². The Bertz CT molecular complexity index is 436. The van der Waals surface area contributed by atoms with Crippen molar-refractivity contribution in [2.45, 2.75) is 6.54 Å². The molecule has 1 aromatic carbocycles. The van der Waals surface area contributed by atoms with Crippen LogP contribution in [0, 0.1) is 0 Å². The third-order valence-electron chi connectivity index (χ3n) is 3.46. The number of nitrogens with zero attached hydrogens (tertiary/aromatic N) is 2. The summed E-state index contributed by atoms with van der Waals surface area (Å²) in [5.41, 5.74) is 1.12. The normalized spacial score (nSPS) is 17.0. The van der Waals surface area contributed by atoms with E-state index in [9.17, 15) is 0 Å². The van der Waals surface area contributed by atoms with Gasteiger partial charge in [-0.2, -0.15) is 0 Å². The Morgan fingerprint density at radius 3 is 2.45 bits per heavy atom. The van der Waals surface area contributed by atoms with E-state index in [0.29, 0.717) is 11.5 Å². The van der Waals surface area contributed by atoms with E-state index < -0.39 is 7.32 Å². The standard InChI is InChI=1S/C13H21BN2O4/c1-15-5-7-16(8-6-15)10-11-3-4-12(20-14(17)18)13(9-11)19-2/h3-4,9,17-18H,5-8,10H2,1-2H3. The van der Waals surface area contributed by atoms with Crippen LogP contribution in [0.2, 0.25) is 0 Å². The van der Waals surface area contributed by atoms with Crippen molar-refractivity contribution in [3.63, 3.8) is 0 Å². The number of ether oxygens (including phenoxy) is 1. The molecule has 1 heterocycles. The van der Waals surface area contributed by atoms with Crippen LogP contribution in [0.5, 0.6) is 11.5 Å². The number of hydrogen-bond donors (Lipinski definition) is 2. The maximum Gasteiger partial charge on any atom is 0.707 e. The number of methoxy groups -OCH3 is 1. The molecule has 1 saturated heterocycles. The second-order valence-electron chi connectivity index (χ2n) is 5.01. The third kappa shape index (κ3) is 4.11. The molecule has 1 aliphatic heterocycles. The minimum Gasteiger partial charge on any atom is -0.509 e. The van der Waals surface area contributed by atoms with E-state index >= 15 is 0 Å². The number of hydrogen-bond acceptors (Lipinski definition) is 6. The summed E-state index contributed by atoms with van der Waals surface area (Å²) in [6.45, 7) is 5.11. The monoisotopic (exact) mass is 280 g/mol. The van der Waals surface area contributed by atoms with Crippen LogP contribution in [0.15, 0.2) is 18.2 Å². The molecule has 0 radical (unpaired) electrons. The van der Waals surface area contributed by atoms with Crippen molar-refractivity contribution in [1.29, 1.82) is 0 Å². The van der Waals surface area contributed by atoms with Crippen LogP contribution in [0.4, 0.5) is 0 Å². The number of rotatable bonds is 5. The average molecular weight is 280 g/mol. The van der Waals surface area contributed by atoms with E-state index in [0.717, 1.165) is 38.3 Å². The minimum absolute atomic E-state index is 0.324. The highest BCUT2D eigenvalue weighted by molar-refractivity contribution is 6.33. The van der Waals surface area contributed by atoms with Crippen LogP contribution < -0.4 is 9.39 Å². The molecule has 110 valence electrons. The lowest BCUT2D eigenvalue weighted by atomic mass is 10.1. The van der Waals surface area contributed by atoms with Gasteiger partial charge in [0.2, 0.25) is 0 Å². The first-order valence-electron chi connectivity index (χ1n) is 6.69. The molecule has 0 amide bonds. The molecule has 2 rings (SSSR count). The fourth-order valence-electron chi connectivity index (χ4n) is 2.29. The summed E-state index contributed by atoms with van der Waals surface area (Å²) in [5, 5.41) is 17.7. The van der Waals surface area contributed by atoms with Crippen molar-refractivity contribution in [2.75, 3.05) is 40.3 Å².